The molecule has 0 radical (unpaired) electrons. The van der Waals surface area contributed by atoms with Crippen molar-refractivity contribution in [3.05, 3.63) is 38.9 Å². The lowest BCUT2D eigenvalue weighted by Crippen LogP contribution is -2.38. The van der Waals surface area contributed by atoms with E-state index < -0.39 is 10.7 Å². The van der Waals surface area contributed by atoms with E-state index >= 15 is 0 Å². The summed E-state index contributed by atoms with van der Waals surface area (Å²) in [4.78, 5) is 24.3. The fourth-order valence-electron chi connectivity index (χ4n) is 2.45. The number of non-ortho nitro benzene ring substituents is 1. The van der Waals surface area contributed by atoms with Crippen LogP contribution >= 0.6 is 0 Å². The molecule has 0 bridgehead atoms. The Bertz CT molecular complexity index is 714. The topological polar surface area (TPSA) is 90.8 Å². The number of hydrogen-bond donors (Lipinski definition) is 0. The van der Waals surface area contributed by atoms with E-state index in [1.165, 1.54) is 16.7 Å². The average Bonchev–Trinajstić information content (AvgIpc) is 2.80. The SMILES string of the molecule is O=c1oc2cc([N+](=O)[O-])ccc2n1CCN1CCOCC1. The second kappa shape index (κ2) is 5.66. The summed E-state index contributed by atoms with van der Waals surface area (Å²) in [7, 11) is 0. The van der Waals surface area contributed by atoms with Crippen LogP contribution in [-0.2, 0) is 11.3 Å². The summed E-state index contributed by atoms with van der Waals surface area (Å²) in [6.07, 6.45) is 0. The van der Waals surface area contributed by atoms with Crippen LogP contribution in [0.1, 0.15) is 0 Å². The Morgan fingerprint density at radius 3 is 2.71 bits per heavy atom. The fourth-order valence-corrected chi connectivity index (χ4v) is 2.45. The number of nitro benzene ring substituents is 1. The number of rotatable bonds is 4. The predicted molar refractivity (Wildman–Crippen MR) is 74.4 cm³/mol. The fraction of sp³-hybridized carbons (Fsp3) is 0.462. The predicted octanol–water partition coefficient (Wildman–Crippen LogP) is 0.835. The normalized spacial score (nSPS) is 16.4. The van der Waals surface area contributed by atoms with Crippen molar-refractivity contribution in [3.8, 4) is 0 Å². The largest absolute Gasteiger partial charge is 0.419 e. The zero-order valence-corrected chi connectivity index (χ0v) is 11.4. The monoisotopic (exact) mass is 293 g/mol. The van der Waals surface area contributed by atoms with E-state index in [4.69, 9.17) is 9.15 Å². The molecule has 1 aromatic heterocycles. The van der Waals surface area contributed by atoms with Crippen LogP contribution in [0.25, 0.3) is 11.1 Å². The summed E-state index contributed by atoms with van der Waals surface area (Å²) in [6.45, 7) is 4.30. The third-order valence-corrected chi connectivity index (χ3v) is 3.61. The highest BCUT2D eigenvalue weighted by Gasteiger charge is 2.15. The number of nitro groups is 1. The maximum absolute atomic E-state index is 11.9. The molecule has 2 aromatic rings. The van der Waals surface area contributed by atoms with Gasteiger partial charge < -0.3 is 9.15 Å². The number of morpholine rings is 1. The molecule has 0 atom stereocenters. The van der Waals surface area contributed by atoms with Crippen molar-refractivity contribution in [2.45, 2.75) is 6.54 Å². The molecule has 0 aliphatic carbocycles. The van der Waals surface area contributed by atoms with Gasteiger partial charge in [0.1, 0.15) is 0 Å². The molecule has 0 amide bonds. The third-order valence-electron chi connectivity index (χ3n) is 3.61. The highest BCUT2D eigenvalue weighted by molar-refractivity contribution is 5.75. The van der Waals surface area contributed by atoms with Gasteiger partial charge in [0.15, 0.2) is 5.58 Å². The van der Waals surface area contributed by atoms with E-state index in [1.54, 1.807) is 6.07 Å². The lowest BCUT2D eigenvalue weighted by atomic mass is 10.3. The average molecular weight is 293 g/mol. The molecule has 1 fully saturated rings. The maximum atomic E-state index is 11.9. The summed E-state index contributed by atoms with van der Waals surface area (Å²) in [5.74, 6) is -0.487. The molecule has 21 heavy (non-hydrogen) atoms. The molecular formula is C13H15N3O5. The third kappa shape index (κ3) is 2.81. The van der Waals surface area contributed by atoms with Crippen LogP contribution in [0, 0.1) is 10.1 Å². The van der Waals surface area contributed by atoms with Crippen molar-refractivity contribution in [1.82, 2.24) is 9.47 Å². The van der Waals surface area contributed by atoms with E-state index in [1.807, 2.05) is 0 Å². The molecule has 2 heterocycles. The molecule has 8 nitrogen and oxygen atoms in total. The molecule has 1 aliphatic heterocycles. The number of benzene rings is 1. The van der Waals surface area contributed by atoms with Gasteiger partial charge in [-0.05, 0) is 6.07 Å². The highest BCUT2D eigenvalue weighted by Crippen LogP contribution is 2.20. The summed E-state index contributed by atoms with van der Waals surface area (Å²) in [5.41, 5.74) is 0.742. The van der Waals surface area contributed by atoms with Gasteiger partial charge in [0.2, 0.25) is 0 Å². The van der Waals surface area contributed by atoms with Gasteiger partial charge in [-0.25, -0.2) is 4.79 Å². The Kier molecular flexibility index (Phi) is 3.72. The van der Waals surface area contributed by atoms with E-state index in [0.29, 0.717) is 25.3 Å². The smallest absolute Gasteiger partial charge is 0.407 e. The van der Waals surface area contributed by atoms with Crippen LogP contribution < -0.4 is 5.76 Å². The molecule has 3 rings (SSSR count). The molecule has 0 spiro atoms. The zero-order valence-electron chi connectivity index (χ0n) is 11.4. The molecule has 1 saturated heterocycles. The van der Waals surface area contributed by atoms with Crippen LogP contribution in [0.2, 0.25) is 0 Å². The van der Waals surface area contributed by atoms with Crippen molar-refractivity contribution in [2.24, 2.45) is 0 Å². The first-order valence-electron chi connectivity index (χ1n) is 6.73. The summed E-state index contributed by atoms with van der Waals surface area (Å²) in [6, 6.07) is 4.21. The van der Waals surface area contributed by atoms with Crippen LogP contribution in [0.5, 0.6) is 0 Å². The van der Waals surface area contributed by atoms with Crippen LogP contribution in [0.4, 0.5) is 5.69 Å². The molecule has 0 N–H and O–H groups in total. The second-order valence-corrected chi connectivity index (χ2v) is 4.88. The van der Waals surface area contributed by atoms with Gasteiger partial charge in [-0.15, -0.1) is 0 Å². The van der Waals surface area contributed by atoms with E-state index in [0.717, 1.165) is 19.6 Å². The van der Waals surface area contributed by atoms with Crippen molar-refractivity contribution in [2.75, 3.05) is 32.8 Å². The zero-order chi connectivity index (χ0) is 14.8. The number of oxazole rings is 1. The Balaban J connectivity index is 1.82. The molecule has 1 aromatic carbocycles. The van der Waals surface area contributed by atoms with Gasteiger partial charge in [-0.3, -0.25) is 19.6 Å². The van der Waals surface area contributed by atoms with Gasteiger partial charge >= 0.3 is 5.76 Å². The highest BCUT2D eigenvalue weighted by atomic mass is 16.6. The van der Waals surface area contributed by atoms with Crippen molar-refractivity contribution in [1.29, 1.82) is 0 Å². The Morgan fingerprint density at radius 2 is 2.00 bits per heavy atom. The Labute approximate surface area is 119 Å². The summed E-state index contributed by atoms with van der Waals surface area (Å²) in [5, 5.41) is 10.7. The standard InChI is InChI=1S/C13H15N3O5/c17-13-15(4-3-14-5-7-20-8-6-14)11-2-1-10(16(18)19)9-12(11)21-13/h1-2,9H,3-8H2. The van der Waals surface area contributed by atoms with Gasteiger partial charge in [-0.1, -0.05) is 0 Å². The van der Waals surface area contributed by atoms with Crippen molar-refractivity contribution < 1.29 is 14.1 Å². The lowest BCUT2D eigenvalue weighted by Gasteiger charge is -2.26. The van der Waals surface area contributed by atoms with E-state index in [2.05, 4.69) is 4.90 Å². The number of hydrogen-bond acceptors (Lipinski definition) is 6. The van der Waals surface area contributed by atoms with E-state index in [-0.39, 0.29) is 11.3 Å². The summed E-state index contributed by atoms with van der Waals surface area (Å²) < 4.78 is 11.9. The first-order chi connectivity index (χ1) is 10.1. The number of fused-ring (bicyclic) bond motifs is 1. The quantitative estimate of drug-likeness (QED) is 0.612. The number of ether oxygens (including phenoxy) is 1. The number of aromatic nitrogens is 1. The summed E-state index contributed by atoms with van der Waals surface area (Å²) >= 11 is 0. The number of nitrogens with zero attached hydrogens (tertiary/aromatic N) is 3. The molecule has 112 valence electrons. The van der Waals surface area contributed by atoms with Gasteiger partial charge in [0.25, 0.3) is 5.69 Å². The second-order valence-electron chi connectivity index (χ2n) is 4.88. The molecule has 0 unspecified atom stereocenters. The first kappa shape index (κ1) is 13.8. The lowest BCUT2D eigenvalue weighted by molar-refractivity contribution is -0.384. The van der Waals surface area contributed by atoms with Gasteiger partial charge in [0.05, 0.1) is 29.7 Å². The minimum absolute atomic E-state index is 0.0865. The van der Waals surface area contributed by atoms with Crippen LogP contribution in [0.15, 0.2) is 27.4 Å². The van der Waals surface area contributed by atoms with Gasteiger partial charge in [0, 0.05) is 32.2 Å². The minimum Gasteiger partial charge on any atom is -0.407 e. The maximum Gasteiger partial charge on any atom is 0.419 e. The van der Waals surface area contributed by atoms with Crippen LogP contribution in [-0.4, -0.2) is 47.2 Å². The molecular weight excluding hydrogens is 278 g/mol. The Morgan fingerprint density at radius 1 is 1.24 bits per heavy atom. The molecule has 1 aliphatic rings. The first-order valence-corrected chi connectivity index (χ1v) is 6.73. The Hall–Kier alpha value is -2.19. The van der Waals surface area contributed by atoms with E-state index in [9.17, 15) is 14.9 Å². The van der Waals surface area contributed by atoms with Crippen LogP contribution in [0.3, 0.4) is 0 Å². The molecule has 8 heteroatoms. The van der Waals surface area contributed by atoms with Gasteiger partial charge in [-0.2, -0.15) is 0 Å². The molecule has 0 saturated carbocycles. The van der Waals surface area contributed by atoms with Crippen molar-refractivity contribution >= 4 is 16.8 Å². The van der Waals surface area contributed by atoms with Crippen molar-refractivity contribution in [3.63, 3.8) is 0 Å². The minimum atomic E-state index is -0.509.